The van der Waals surface area contributed by atoms with E-state index in [1.165, 1.54) is 0 Å². The molecule has 1 fully saturated rings. The first-order chi connectivity index (χ1) is 8.16. The molecule has 1 amide bonds. The Kier molecular flexibility index (Phi) is 3.64. The van der Waals surface area contributed by atoms with Gasteiger partial charge in [0.15, 0.2) is 0 Å². The first-order valence-corrected chi connectivity index (χ1v) is 5.93. The summed E-state index contributed by atoms with van der Waals surface area (Å²) in [5, 5.41) is 2.89. The monoisotopic (exact) mass is 234 g/mol. The number of aryl methyl sites for hydroxylation is 1. The van der Waals surface area contributed by atoms with Crippen LogP contribution in [0.3, 0.4) is 0 Å². The van der Waals surface area contributed by atoms with Crippen molar-refractivity contribution in [3.63, 3.8) is 0 Å². The van der Waals surface area contributed by atoms with Gasteiger partial charge in [-0.3, -0.25) is 4.79 Å². The highest BCUT2D eigenvalue weighted by molar-refractivity contribution is 5.96. The van der Waals surface area contributed by atoms with E-state index in [0.717, 1.165) is 25.0 Å². The Morgan fingerprint density at radius 2 is 2.41 bits per heavy atom. The highest BCUT2D eigenvalue weighted by Crippen LogP contribution is 2.14. The van der Waals surface area contributed by atoms with Crippen molar-refractivity contribution in [3.05, 3.63) is 29.3 Å². The minimum absolute atomic E-state index is 0.0784. The second-order valence-corrected chi connectivity index (χ2v) is 4.42. The van der Waals surface area contributed by atoms with E-state index >= 15 is 0 Å². The number of nitrogen functional groups attached to an aromatic ring is 1. The van der Waals surface area contributed by atoms with Crippen molar-refractivity contribution in [2.75, 3.05) is 18.9 Å². The van der Waals surface area contributed by atoms with Crippen LogP contribution in [-0.4, -0.2) is 25.2 Å². The molecule has 3 N–H and O–H groups in total. The van der Waals surface area contributed by atoms with Crippen molar-refractivity contribution in [2.24, 2.45) is 0 Å². The zero-order chi connectivity index (χ0) is 12.3. The topological polar surface area (TPSA) is 64.4 Å². The van der Waals surface area contributed by atoms with Crippen LogP contribution in [0.5, 0.6) is 0 Å². The number of hydrogen-bond donors (Lipinski definition) is 2. The molecule has 1 aliphatic rings. The van der Waals surface area contributed by atoms with Gasteiger partial charge in [-0.25, -0.2) is 0 Å². The number of benzene rings is 1. The predicted molar refractivity (Wildman–Crippen MR) is 66.9 cm³/mol. The molecular weight excluding hydrogens is 216 g/mol. The molecule has 0 aliphatic carbocycles. The van der Waals surface area contributed by atoms with Gasteiger partial charge >= 0.3 is 0 Å². The van der Waals surface area contributed by atoms with E-state index < -0.39 is 0 Å². The summed E-state index contributed by atoms with van der Waals surface area (Å²) >= 11 is 0. The SMILES string of the molecule is Cc1ccc(N)cc1C(=O)NCC1CCCO1. The minimum atomic E-state index is -0.0784. The Balaban J connectivity index is 1.96. The molecule has 0 bridgehead atoms. The van der Waals surface area contributed by atoms with Crippen LogP contribution in [0.2, 0.25) is 0 Å². The average molecular weight is 234 g/mol. The Hall–Kier alpha value is -1.55. The Labute approximate surface area is 101 Å². The summed E-state index contributed by atoms with van der Waals surface area (Å²) in [4.78, 5) is 12.0. The summed E-state index contributed by atoms with van der Waals surface area (Å²) in [7, 11) is 0. The zero-order valence-electron chi connectivity index (χ0n) is 10.0. The third kappa shape index (κ3) is 2.97. The van der Waals surface area contributed by atoms with E-state index in [1.807, 2.05) is 13.0 Å². The number of amides is 1. The number of carbonyl (C=O) groups excluding carboxylic acids is 1. The summed E-state index contributed by atoms with van der Waals surface area (Å²) in [5.41, 5.74) is 7.86. The predicted octanol–water partition coefficient (Wildman–Crippen LogP) is 1.49. The quantitative estimate of drug-likeness (QED) is 0.779. The molecule has 1 aromatic carbocycles. The van der Waals surface area contributed by atoms with E-state index in [0.29, 0.717) is 17.8 Å². The lowest BCUT2D eigenvalue weighted by Gasteiger charge is -2.12. The minimum Gasteiger partial charge on any atom is -0.399 e. The van der Waals surface area contributed by atoms with Crippen LogP contribution in [0.4, 0.5) is 5.69 Å². The normalized spacial score (nSPS) is 19.2. The third-order valence-corrected chi connectivity index (χ3v) is 3.02. The number of anilines is 1. The van der Waals surface area contributed by atoms with E-state index in [4.69, 9.17) is 10.5 Å². The number of hydrogen-bond acceptors (Lipinski definition) is 3. The van der Waals surface area contributed by atoms with Gasteiger partial charge in [-0.15, -0.1) is 0 Å². The molecule has 0 radical (unpaired) electrons. The molecule has 92 valence electrons. The molecular formula is C13H18N2O2. The highest BCUT2D eigenvalue weighted by Gasteiger charge is 2.17. The fourth-order valence-corrected chi connectivity index (χ4v) is 1.99. The van der Waals surface area contributed by atoms with Crippen molar-refractivity contribution < 1.29 is 9.53 Å². The Morgan fingerprint density at radius 1 is 1.59 bits per heavy atom. The van der Waals surface area contributed by atoms with Crippen LogP contribution < -0.4 is 11.1 Å². The smallest absolute Gasteiger partial charge is 0.251 e. The standard InChI is InChI=1S/C13H18N2O2/c1-9-4-5-10(14)7-12(9)13(16)15-8-11-3-2-6-17-11/h4-5,7,11H,2-3,6,8,14H2,1H3,(H,15,16). The van der Waals surface area contributed by atoms with Crippen molar-refractivity contribution in [1.82, 2.24) is 5.32 Å². The summed E-state index contributed by atoms with van der Waals surface area (Å²) < 4.78 is 5.45. The molecule has 4 nitrogen and oxygen atoms in total. The summed E-state index contributed by atoms with van der Waals surface area (Å²) in [5.74, 6) is -0.0784. The molecule has 0 aromatic heterocycles. The summed E-state index contributed by atoms with van der Waals surface area (Å²) in [6, 6.07) is 5.36. The zero-order valence-corrected chi connectivity index (χ0v) is 10.0. The van der Waals surface area contributed by atoms with Crippen LogP contribution >= 0.6 is 0 Å². The number of rotatable bonds is 3. The van der Waals surface area contributed by atoms with Crippen molar-refractivity contribution in [2.45, 2.75) is 25.9 Å². The largest absolute Gasteiger partial charge is 0.399 e. The van der Waals surface area contributed by atoms with Crippen molar-refractivity contribution in [3.8, 4) is 0 Å². The summed E-state index contributed by atoms with van der Waals surface area (Å²) in [6.45, 7) is 3.28. The van der Waals surface area contributed by atoms with Crippen LogP contribution in [0.1, 0.15) is 28.8 Å². The van der Waals surface area contributed by atoms with Crippen molar-refractivity contribution >= 4 is 11.6 Å². The van der Waals surface area contributed by atoms with Gasteiger partial charge in [-0.1, -0.05) is 6.07 Å². The summed E-state index contributed by atoms with van der Waals surface area (Å²) in [6.07, 6.45) is 2.27. The highest BCUT2D eigenvalue weighted by atomic mass is 16.5. The van der Waals surface area contributed by atoms with Crippen LogP contribution in [-0.2, 0) is 4.74 Å². The van der Waals surface area contributed by atoms with Gasteiger partial charge in [0.05, 0.1) is 6.10 Å². The van der Waals surface area contributed by atoms with Gasteiger partial charge < -0.3 is 15.8 Å². The van der Waals surface area contributed by atoms with Gasteiger partial charge in [0.2, 0.25) is 0 Å². The lowest BCUT2D eigenvalue weighted by atomic mass is 10.1. The molecule has 17 heavy (non-hydrogen) atoms. The van der Waals surface area contributed by atoms with Gasteiger partial charge in [-0.2, -0.15) is 0 Å². The van der Waals surface area contributed by atoms with Gasteiger partial charge in [0.25, 0.3) is 5.91 Å². The van der Waals surface area contributed by atoms with E-state index in [9.17, 15) is 4.79 Å². The lowest BCUT2D eigenvalue weighted by Crippen LogP contribution is -2.32. The molecule has 4 heteroatoms. The molecule has 2 rings (SSSR count). The number of nitrogens with two attached hydrogens (primary N) is 1. The molecule has 0 spiro atoms. The average Bonchev–Trinajstić information content (AvgIpc) is 2.82. The maximum atomic E-state index is 12.0. The van der Waals surface area contributed by atoms with Crippen LogP contribution in [0, 0.1) is 6.92 Å². The van der Waals surface area contributed by atoms with Crippen LogP contribution in [0.25, 0.3) is 0 Å². The van der Waals surface area contributed by atoms with Gasteiger partial charge in [-0.05, 0) is 37.5 Å². The second kappa shape index (κ2) is 5.19. The first-order valence-electron chi connectivity index (χ1n) is 5.93. The maximum Gasteiger partial charge on any atom is 0.251 e. The molecule has 0 saturated carbocycles. The van der Waals surface area contributed by atoms with Gasteiger partial charge in [0, 0.05) is 24.4 Å². The van der Waals surface area contributed by atoms with Gasteiger partial charge in [0.1, 0.15) is 0 Å². The van der Waals surface area contributed by atoms with E-state index in [2.05, 4.69) is 5.32 Å². The molecule has 1 aromatic rings. The first kappa shape index (κ1) is 11.9. The fraction of sp³-hybridized carbons (Fsp3) is 0.462. The Morgan fingerprint density at radius 3 is 3.12 bits per heavy atom. The van der Waals surface area contributed by atoms with E-state index in [1.54, 1.807) is 12.1 Å². The van der Waals surface area contributed by atoms with E-state index in [-0.39, 0.29) is 12.0 Å². The molecule has 1 heterocycles. The molecule has 1 atom stereocenters. The third-order valence-electron chi connectivity index (χ3n) is 3.02. The fourth-order valence-electron chi connectivity index (χ4n) is 1.99. The molecule has 1 saturated heterocycles. The maximum absolute atomic E-state index is 12.0. The Bertz CT molecular complexity index is 412. The molecule has 1 unspecified atom stereocenters. The second-order valence-electron chi connectivity index (χ2n) is 4.42. The molecule has 1 aliphatic heterocycles. The number of ether oxygens (including phenoxy) is 1. The van der Waals surface area contributed by atoms with Crippen molar-refractivity contribution in [1.29, 1.82) is 0 Å². The lowest BCUT2D eigenvalue weighted by molar-refractivity contribution is 0.0857. The van der Waals surface area contributed by atoms with Crippen LogP contribution in [0.15, 0.2) is 18.2 Å². The number of nitrogens with one attached hydrogen (secondary N) is 1. The number of carbonyl (C=O) groups is 1.